The van der Waals surface area contributed by atoms with E-state index in [1.807, 2.05) is 57.2 Å². The molecule has 0 saturated carbocycles. The fraction of sp³-hybridized carbons (Fsp3) is 0.222. The molecule has 2 aromatic carbocycles. The summed E-state index contributed by atoms with van der Waals surface area (Å²) < 4.78 is 22.5. The smallest absolute Gasteiger partial charge is 0.244 e. The molecule has 1 amide bonds. The van der Waals surface area contributed by atoms with Gasteiger partial charge < -0.3 is 23.6 Å². The van der Waals surface area contributed by atoms with Gasteiger partial charge in [-0.1, -0.05) is 12.1 Å². The van der Waals surface area contributed by atoms with Crippen LogP contribution in [0, 0.1) is 6.92 Å². The normalized spacial score (nSPS) is 11.6. The number of rotatable bonds is 8. The van der Waals surface area contributed by atoms with Crippen LogP contribution in [0.25, 0.3) is 27.7 Å². The molecule has 33 heavy (non-hydrogen) atoms. The molecule has 2 heterocycles. The summed E-state index contributed by atoms with van der Waals surface area (Å²) in [5.74, 6) is 2.00. The minimum atomic E-state index is -0.206. The van der Waals surface area contributed by atoms with Crippen LogP contribution < -0.4 is 14.8 Å². The van der Waals surface area contributed by atoms with Gasteiger partial charge in [0.1, 0.15) is 22.8 Å². The quantitative estimate of drug-likeness (QED) is 0.330. The second-order valence-corrected chi connectivity index (χ2v) is 7.69. The van der Waals surface area contributed by atoms with Crippen LogP contribution >= 0.6 is 0 Å². The van der Waals surface area contributed by atoms with Crippen LogP contribution in [0.2, 0.25) is 0 Å². The molecule has 6 heteroatoms. The van der Waals surface area contributed by atoms with Crippen molar-refractivity contribution >= 4 is 22.4 Å². The first-order chi connectivity index (χ1) is 16.0. The standard InChI is InChI=1S/C27H27NO5/c1-5-31-20-10-8-19(9-11-20)24-16-33-27-18(3)26(30-4)22(14-23(24)27)17(2)13-25(29)28-15-21-7-6-12-32-21/h6-14,16H,5,15H2,1-4H3,(H,28,29)/b17-13+. The topological polar surface area (TPSA) is 73.8 Å². The lowest BCUT2D eigenvalue weighted by molar-refractivity contribution is -0.116. The molecule has 0 bridgehead atoms. The molecular weight excluding hydrogens is 418 g/mol. The number of amides is 1. The van der Waals surface area contributed by atoms with E-state index in [9.17, 15) is 4.79 Å². The lowest BCUT2D eigenvalue weighted by Crippen LogP contribution is -2.20. The van der Waals surface area contributed by atoms with Crippen LogP contribution in [-0.2, 0) is 11.3 Å². The van der Waals surface area contributed by atoms with Crippen LogP contribution in [0.1, 0.15) is 30.7 Å². The average molecular weight is 446 g/mol. The Hall–Kier alpha value is -3.93. The van der Waals surface area contributed by atoms with Gasteiger partial charge in [-0.05, 0) is 62.2 Å². The highest BCUT2D eigenvalue weighted by Crippen LogP contribution is 2.40. The summed E-state index contributed by atoms with van der Waals surface area (Å²) >= 11 is 0. The molecule has 0 radical (unpaired) electrons. The van der Waals surface area contributed by atoms with Gasteiger partial charge in [-0.15, -0.1) is 0 Å². The summed E-state index contributed by atoms with van der Waals surface area (Å²) in [4.78, 5) is 12.5. The first-order valence-electron chi connectivity index (χ1n) is 10.8. The molecule has 0 saturated heterocycles. The van der Waals surface area contributed by atoms with E-state index in [1.54, 1.807) is 31.8 Å². The summed E-state index contributed by atoms with van der Waals surface area (Å²) in [5, 5.41) is 3.80. The number of carbonyl (C=O) groups is 1. The Morgan fingerprint density at radius 3 is 2.61 bits per heavy atom. The summed E-state index contributed by atoms with van der Waals surface area (Å²) in [7, 11) is 1.62. The summed E-state index contributed by atoms with van der Waals surface area (Å²) in [5.41, 5.74) is 5.25. The zero-order chi connectivity index (χ0) is 23.4. The monoisotopic (exact) mass is 445 g/mol. The molecule has 0 atom stereocenters. The largest absolute Gasteiger partial charge is 0.496 e. The second kappa shape index (κ2) is 9.69. The lowest BCUT2D eigenvalue weighted by Gasteiger charge is -2.13. The molecule has 6 nitrogen and oxygen atoms in total. The van der Waals surface area contributed by atoms with Crippen molar-refractivity contribution in [3.05, 3.63) is 78.0 Å². The number of allylic oxidation sites excluding steroid dienone is 1. The maximum absolute atomic E-state index is 12.5. The van der Waals surface area contributed by atoms with Crippen molar-refractivity contribution in [2.75, 3.05) is 13.7 Å². The highest BCUT2D eigenvalue weighted by Gasteiger charge is 2.19. The number of benzene rings is 2. The fourth-order valence-corrected chi connectivity index (χ4v) is 3.91. The van der Waals surface area contributed by atoms with E-state index in [2.05, 4.69) is 5.32 Å². The Bertz CT molecular complexity index is 1280. The summed E-state index contributed by atoms with van der Waals surface area (Å²) in [6, 6.07) is 13.5. The highest BCUT2D eigenvalue weighted by molar-refractivity contribution is 6.01. The van der Waals surface area contributed by atoms with Crippen molar-refractivity contribution in [3.8, 4) is 22.6 Å². The number of nitrogens with one attached hydrogen (secondary N) is 1. The zero-order valence-electron chi connectivity index (χ0n) is 19.2. The minimum Gasteiger partial charge on any atom is -0.496 e. The van der Waals surface area contributed by atoms with E-state index in [-0.39, 0.29) is 5.91 Å². The van der Waals surface area contributed by atoms with E-state index >= 15 is 0 Å². The van der Waals surface area contributed by atoms with Gasteiger partial charge in [-0.2, -0.15) is 0 Å². The molecule has 2 aromatic heterocycles. The molecule has 0 aliphatic carbocycles. The van der Waals surface area contributed by atoms with Gasteiger partial charge >= 0.3 is 0 Å². The molecule has 170 valence electrons. The summed E-state index contributed by atoms with van der Waals surface area (Å²) in [6.45, 7) is 6.76. The molecule has 4 aromatic rings. The van der Waals surface area contributed by atoms with Gasteiger partial charge in [0.05, 0.1) is 32.8 Å². The van der Waals surface area contributed by atoms with Crippen molar-refractivity contribution < 1.29 is 23.1 Å². The minimum absolute atomic E-state index is 0.206. The van der Waals surface area contributed by atoms with Crippen molar-refractivity contribution in [1.29, 1.82) is 0 Å². The maximum atomic E-state index is 12.5. The van der Waals surface area contributed by atoms with Gasteiger partial charge in [-0.25, -0.2) is 0 Å². The van der Waals surface area contributed by atoms with Gasteiger partial charge in [0.15, 0.2) is 0 Å². The summed E-state index contributed by atoms with van der Waals surface area (Å²) in [6.07, 6.45) is 4.91. The molecule has 0 aliphatic rings. The van der Waals surface area contributed by atoms with Crippen molar-refractivity contribution in [2.45, 2.75) is 27.3 Å². The SMILES string of the molecule is CCOc1ccc(-c2coc3c(C)c(OC)c(/C(C)=C/C(=O)NCc4ccco4)cc23)cc1. The van der Waals surface area contributed by atoms with Gasteiger partial charge in [-0.3, -0.25) is 4.79 Å². The van der Waals surface area contributed by atoms with E-state index in [4.69, 9.17) is 18.3 Å². The molecular formula is C27H27NO5. The van der Waals surface area contributed by atoms with Crippen LogP contribution in [0.4, 0.5) is 0 Å². The van der Waals surface area contributed by atoms with Crippen molar-refractivity contribution in [3.63, 3.8) is 0 Å². The van der Waals surface area contributed by atoms with Gasteiger partial charge in [0, 0.05) is 28.2 Å². The van der Waals surface area contributed by atoms with Crippen LogP contribution in [0.15, 0.2) is 69.9 Å². The number of aryl methyl sites for hydroxylation is 1. The molecule has 0 fully saturated rings. The van der Waals surface area contributed by atoms with E-state index in [0.717, 1.165) is 44.5 Å². The second-order valence-electron chi connectivity index (χ2n) is 7.69. The van der Waals surface area contributed by atoms with E-state index in [1.165, 1.54) is 0 Å². The third-order valence-corrected chi connectivity index (χ3v) is 5.51. The van der Waals surface area contributed by atoms with Gasteiger partial charge in [0.2, 0.25) is 5.91 Å². The predicted molar refractivity (Wildman–Crippen MR) is 128 cm³/mol. The van der Waals surface area contributed by atoms with Crippen molar-refractivity contribution in [1.82, 2.24) is 5.32 Å². The molecule has 4 rings (SSSR count). The maximum Gasteiger partial charge on any atom is 0.244 e. The molecule has 1 N–H and O–H groups in total. The van der Waals surface area contributed by atoms with Gasteiger partial charge in [0.25, 0.3) is 0 Å². The first-order valence-corrected chi connectivity index (χ1v) is 10.8. The Kier molecular flexibility index (Phi) is 6.54. The van der Waals surface area contributed by atoms with Crippen LogP contribution in [-0.4, -0.2) is 19.6 Å². The highest BCUT2D eigenvalue weighted by atomic mass is 16.5. The van der Waals surface area contributed by atoms with Crippen LogP contribution in [0.5, 0.6) is 11.5 Å². The third-order valence-electron chi connectivity index (χ3n) is 5.51. The van der Waals surface area contributed by atoms with E-state index < -0.39 is 0 Å². The number of methoxy groups -OCH3 is 1. The Morgan fingerprint density at radius 1 is 1.15 bits per heavy atom. The number of ether oxygens (including phenoxy) is 2. The van der Waals surface area contributed by atoms with Crippen LogP contribution in [0.3, 0.4) is 0 Å². The molecule has 0 spiro atoms. The lowest BCUT2D eigenvalue weighted by atomic mass is 9.96. The Labute approximate surface area is 192 Å². The first kappa shape index (κ1) is 22.3. The number of fused-ring (bicyclic) bond motifs is 1. The van der Waals surface area contributed by atoms with E-state index in [0.29, 0.717) is 24.7 Å². The molecule has 0 unspecified atom stereocenters. The Morgan fingerprint density at radius 2 is 1.94 bits per heavy atom. The third kappa shape index (κ3) is 4.65. The molecule has 0 aliphatic heterocycles. The number of furan rings is 2. The van der Waals surface area contributed by atoms with Crippen molar-refractivity contribution in [2.24, 2.45) is 0 Å². The Balaban J connectivity index is 1.69. The number of hydrogen-bond acceptors (Lipinski definition) is 5. The fourth-order valence-electron chi connectivity index (χ4n) is 3.91. The average Bonchev–Trinajstić information content (AvgIpc) is 3.48. The predicted octanol–water partition coefficient (Wildman–Crippen LogP) is 6.13. The zero-order valence-corrected chi connectivity index (χ0v) is 19.2. The number of carbonyl (C=O) groups excluding carboxylic acids is 1. The number of hydrogen-bond donors (Lipinski definition) is 1.